The number of benzene rings is 1. The number of hydrazone groups is 1. The van der Waals surface area contributed by atoms with Crippen LogP contribution in [0, 0.1) is 20.2 Å². The smallest absolute Gasteiger partial charge is 0.267 e. The molecule has 0 saturated heterocycles. The molecule has 0 aliphatic heterocycles. The number of unbranched alkanes of at least 4 members (excludes halogenated alkanes) is 13. The summed E-state index contributed by atoms with van der Waals surface area (Å²) in [6.45, 7) is 2.24. The standard InChI is InChI=1S/C23H36N4O5/c1-2-3-4-5-6-7-8-9-10-11-12-13-14-15-16-24-25-23(28)20-17-21(26(29)30)19-22(18-20)27(31)32/h16-19H,2-15H2,1H3,(H,25,28). The lowest BCUT2D eigenvalue weighted by Crippen LogP contribution is -2.17. The van der Waals surface area contributed by atoms with E-state index in [1.807, 2.05) is 0 Å². The molecule has 1 aromatic carbocycles. The van der Waals surface area contributed by atoms with Gasteiger partial charge in [-0.2, -0.15) is 5.10 Å². The molecule has 9 nitrogen and oxygen atoms in total. The molecule has 0 unspecified atom stereocenters. The summed E-state index contributed by atoms with van der Waals surface area (Å²) < 4.78 is 0. The quantitative estimate of drug-likeness (QED) is 0.116. The van der Waals surface area contributed by atoms with E-state index >= 15 is 0 Å². The van der Waals surface area contributed by atoms with Crippen molar-refractivity contribution in [2.24, 2.45) is 5.10 Å². The molecule has 0 saturated carbocycles. The van der Waals surface area contributed by atoms with Crippen LogP contribution in [0.3, 0.4) is 0 Å². The van der Waals surface area contributed by atoms with Crippen molar-refractivity contribution in [1.29, 1.82) is 0 Å². The zero-order valence-corrected chi connectivity index (χ0v) is 19.1. The summed E-state index contributed by atoms with van der Waals surface area (Å²) in [5.41, 5.74) is 1.06. The number of hydrogen-bond donors (Lipinski definition) is 1. The number of nitrogens with one attached hydrogen (secondary N) is 1. The number of nitro groups is 2. The van der Waals surface area contributed by atoms with Gasteiger partial charge in [0.15, 0.2) is 0 Å². The fourth-order valence-corrected chi connectivity index (χ4v) is 3.42. The SMILES string of the molecule is CCCCCCCCCCCCCCCC=NNC(=O)c1cc([N+](=O)[O-])cc([N+](=O)[O-])c1. The zero-order chi connectivity index (χ0) is 23.6. The van der Waals surface area contributed by atoms with Crippen molar-refractivity contribution < 1.29 is 14.6 Å². The molecule has 178 valence electrons. The highest BCUT2D eigenvalue weighted by Crippen LogP contribution is 2.22. The van der Waals surface area contributed by atoms with Crippen LogP contribution in [-0.4, -0.2) is 22.0 Å². The summed E-state index contributed by atoms with van der Waals surface area (Å²) in [6, 6.07) is 2.79. The van der Waals surface area contributed by atoms with Gasteiger partial charge in [0.2, 0.25) is 0 Å². The van der Waals surface area contributed by atoms with Crippen LogP contribution in [-0.2, 0) is 0 Å². The summed E-state index contributed by atoms with van der Waals surface area (Å²) in [7, 11) is 0. The van der Waals surface area contributed by atoms with Gasteiger partial charge in [-0.1, -0.05) is 84.0 Å². The van der Waals surface area contributed by atoms with Gasteiger partial charge in [-0.05, 0) is 12.8 Å². The fourth-order valence-electron chi connectivity index (χ4n) is 3.42. The Bertz CT molecular complexity index is 720. The Morgan fingerprint density at radius 3 is 1.69 bits per heavy atom. The first kappa shape index (κ1) is 27.2. The van der Waals surface area contributed by atoms with Crippen LogP contribution < -0.4 is 5.43 Å². The van der Waals surface area contributed by atoms with Crippen LogP contribution in [0.2, 0.25) is 0 Å². The van der Waals surface area contributed by atoms with E-state index in [0.717, 1.165) is 31.0 Å². The van der Waals surface area contributed by atoms with Gasteiger partial charge in [0.25, 0.3) is 17.3 Å². The maximum Gasteiger partial charge on any atom is 0.277 e. The van der Waals surface area contributed by atoms with Crippen molar-refractivity contribution in [3.8, 4) is 0 Å². The number of rotatable bonds is 18. The molecule has 0 aromatic heterocycles. The van der Waals surface area contributed by atoms with E-state index in [9.17, 15) is 25.0 Å². The third-order valence-corrected chi connectivity index (χ3v) is 5.28. The summed E-state index contributed by atoms with van der Waals surface area (Å²) in [5.74, 6) is -0.724. The normalized spacial score (nSPS) is 11.0. The van der Waals surface area contributed by atoms with Crippen LogP contribution >= 0.6 is 0 Å². The molecule has 1 amide bonds. The third kappa shape index (κ3) is 12.1. The number of nitrogens with zero attached hydrogens (tertiary/aromatic N) is 3. The number of carbonyl (C=O) groups is 1. The van der Waals surface area contributed by atoms with Gasteiger partial charge < -0.3 is 0 Å². The Morgan fingerprint density at radius 1 is 0.812 bits per heavy atom. The minimum Gasteiger partial charge on any atom is -0.267 e. The molecule has 0 aliphatic rings. The van der Waals surface area contributed by atoms with Gasteiger partial charge in [0, 0.05) is 18.3 Å². The number of non-ortho nitro benzene ring substituents is 2. The highest BCUT2D eigenvalue weighted by Gasteiger charge is 2.19. The van der Waals surface area contributed by atoms with E-state index in [2.05, 4.69) is 17.5 Å². The van der Waals surface area contributed by atoms with Gasteiger partial charge in [0.05, 0.1) is 21.5 Å². The lowest BCUT2D eigenvalue weighted by Gasteiger charge is -2.02. The van der Waals surface area contributed by atoms with Crippen LogP contribution in [0.5, 0.6) is 0 Å². The molecular formula is C23H36N4O5. The Balaban J connectivity index is 2.13. The molecule has 0 heterocycles. The maximum atomic E-state index is 12.1. The van der Waals surface area contributed by atoms with E-state index in [1.165, 1.54) is 70.6 Å². The van der Waals surface area contributed by atoms with E-state index in [0.29, 0.717) is 6.42 Å². The van der Waals surface area contributed by atoms with Crippen LogP contribution in [0.4, 0.5) is 11.4 Å². The Hall–Kier alpha value is -2.84. The summed E-state index contributed by atoms with van der Waals surface area (Å²) in [5, 5.41) is 25.6. The first-order chi connectivity index (χ1) is 15.5. The van der Waals surface area contributed by atoms with Gasteiger partial charge in [-0.15, -0.1) is 0 Å². The van der Waals surface area contributed by atoms with Crippen molar-refractivity contribution >= 4 is 23.5 Å². The molecule has 0 fully saturated rings. The second-order valence-corrected chi connectivity index (χ2v) is 8.04. The predicted molar refractivity (Wildman–Crippen MR) is 126 cm³/mol. The molecule has 0 radical (unpaired) electrons. The predicted octanol–water partition coefficient (Wildman–Crippen LogP) is 6.70. The average Bonchev–Trinajstić information content (AvgIpc) is 2.78. The largest absolute Gasteiger partial charge is 0.277 e. The number of hydrogen-bond acceptors (Lipinski definition) is 6. The van der Waals surface area contributed by atoms with E-state index in [1.54, 1.807) is 6.21 Å². The highest BCUT2D eigenvalue weighted by molar-refractivity contribution is 5.95. The van der Waals surface area contributed by atoms with Crippen molar-refractivity contribution in [3.63, 3.8) is 0 Å². The van der Waals surface area contributed by atoms with Gasteiger partial charge >= 0.3 is 0 Å². The second kappa shape index (κ2) is 16.8. The molecule has 0 aliphatic carbocycles. The molecular weight excluding hydrogens is 412 g/mol. The zero-order valence-electron chi connectivity index (χ0n) is 19.1. The van der Waals surface area contributed by atoms with E-state index < -0.39 is 27.1 Å². The first-order valence-corrected chi connectivity index (χ1v) is 11.7. The number of nitro benzene ring substituents is 2. The van der Waals surface area contributed by atoms with E-state index in [-0.39, 0.29) is 5.56 Å². The molecule has 0 spiro atoms. The first-order valence-electron chi connectivity index (χ1n) is 11.7. The average molecular weight is 449 g/mol. The van der Waals surface area contributed by atoms with E-state index in [4.69, 9.17) is 0 Å². The van der Waals surface area contributed by atoms with Crippen molar-refractivity contribution in [1.82, 2.24) is 5.43 Å². The monoisotopic (exact) mass is 448 g/mol. The van der Waals surface area contributed by atoms with Crippen molar-refractivity contribution in [3.05, 3.63) is 44.0 Å². The summed E-state index contributed by atoms with van der Waals surface area (Å²) in [4.78, 5) is 32.3. The third-order valence-electron chi connectivity index (χ3n) is 5.28. The Kier molecular flexibility index (Phi) is 14.3. The van der Waals surface area contributed by atoms with Gasteiger partial charge in [0.1, 0.15) is 0 Å². The maximum absolute atomic E-state index is 12.1. The number of carbonyl (C=O) groups excluding carboxylic acids is 1. The Labute approximate surface area is 190 Å². The fraction of sp³-hybridized carbons (Fsp3) is 0.652. The molecule has 32 heavy (non-hydrogen) atoms. The molecule has 1 aromatic rings. The molecule has 1 N–H and O–H groups in total. The lowest BCUT2D eigenvalue weighted by molar-refractivity contribution is -0.394. The topological polar surface area (TPSA) is 128 Å². The highest BCUT2D eigenvalue weighted by atomic mass is 16.6. The minimum absolute atomic E-state index is 0.177. The minimum atomic E-state index is -0.776. The second-order valence-electron chi connectivity index (χ2n) is 8.04. The van der Waals surface area contributed by atoms with Crippen molar-refractivity contribution in [2.45, 2.75) is 96.8 Å². The number of amides is 1. The lowest BCUT2D eigenvalue weighted by atomic mass is 10.0. The van der Waals surface area contributed by atoms with Crippen LogP contribution in [0.15, 0.2) is 23.3 Å². The molecule has 1 rings (SSSR count). The van der Waals surface area contributed by atoms with Crippen molar-refractivity contribution in [2.75, 3.05) is 0 Å². The summed E-state index contributed by atoms with van der Waals surface area (Å²) >= 11 is 0. The van der Waals surface area contributed by atoms with Gasteiger partial charge in [-0.25, -0.2) is 5.43 Å². The molecule has 0 atom stereocenters. The van der Waals surface area contributed by atoms with Crippen LogP contribution in [0.25, 0.3) is 0 Å². The molecule has 9 heteroatoms. The summed E-state index contributed by atoms with van der Waals surface area (Å²) in [6.07, 6.45) is 18.9. The van der Waals surface area contributed by atoms with Gasteiger partial charge in [-0.3, -0.25) is 25.0 Å². The molecule has 0 bridgehead atoms. The van der Waals surface area contributed by atoms with Crippen LogP contribution in [0.1, 0.15) is 107 Å². The Morgan fingerprint density at radius 2 is 1.25 bits per heavy atom.